The summed E-state index contributed by atoms with van der Waals surface area (Å²) in [5.41, 5.74) is -3.15. The molecule has 0 spiro atoms. The predicted octanol–water partition coefficient (Wildman–Crippen LogP) is 8.29. The van der Waals surface area contributed by atoms with Crippen LogP contribution in [-0.4, -0.2) is 5.91 Å². The lowest BCUT2D eigenvalue weighted by molar-refractivity contribution is -0.138. The van der Waals surface area contributed by atoms with Crippen LogP contribution < -0.4 is 5.32 Å². The third kappa shape index (κ3) is 6.02. The summed E-state index contributed by atoms with van der Waals surface area (Å²) in [6, 6.07) is 22.7. The van der Waals surface area contributed by atoms with Gasteiger partial charge in [0.25, 0.3) is 5.91 Å². The van der Waals surface area contributed by atoms with Crippen molar-refractivity contribution in [3.05, 3.63) is 142 Å². The van der Waals surface area contributed by atoms with Crippen molar-refractivity contribution in [3.8, 4) is 0 Å². The average molecular weight is 548 g/mol. The smallest absolute Gasteiger partial charge is 0.338 e. The van der Waals surface area contributed by atoms with Gasteiger partial charge >= 0.3 is 12.4 Å². The molecule has 1 N–H and O–H groups in total. The largest absolute Gasteiger partial charge is 0.416 e. The van der Waals surface area contributed by atoms with Gasteiger partial charge in [0.2, 0.25) is 0 Å². The van der Waals surface area contributed by atoms with E-state index >= 15 is 0 Å². The number of carbonyl (C=O) groups excluding carboxylic acids is 1. The van der Waals surface area contributed by atoms with Gasteiger partial charge in [-0.25, -0.2) is 0 Å². The molecule has 0 fully saturated rings. The molecule has 0 saturated carbocycles. The van der Waals surface area contributed by atoms with Gasteiger partial charge in [-0.05, 0) is 65.2 Å². The third-order valence-corrected chi connectivity index (χ3v) is 6.36. The number of hydrogen-bond acceptors (Lipinski definition) is 1. The molecule has 0 aliphatic carbocycles. The maximum absolute atomic E-state index is 13.7. The Morgan fingerprint density at radius 3 is 1.58 bits per heavy atom. The van der Waals surface area contributed by atoms with Crippen molar-refractivity contribution in [2.75, 3.05) is 0 Å². The molecule has 196 valence electrons. The summed E-state index contributed by atoms with van der Waals surface area (Å²) in [7, 11) is 0. The molecular formula is C29H20ClF6NO. The molecule has 0 aliphatic heterocycles. The number of benzene rings is 4. The van der Waals surface area contributed by atoms with Crippen LogP contribution in [0.5, 0.6) is 0 Å². The molecule has 0 radical (unpaired) electrons. The SMILES string of the molecule is O=C(NC(Cc1ccccc1)(c1cccc(C(F)(F)F)c1)c1cccc(C(F)(F)F)c1)c1ccc(Cl)cc1. The minimum Gasteiger partial charge on any atom is -0.338 e. The lowest BCUT2D eigenvalue weighted by Gasteiger charge is -2.37. The van der Waals surface area contributed by atoms with Gasteiger partial charge in [0.15, 0.2) is 0 Å². The Labute approximate surface area is 219 Å². The second kappa shape index (κ2) is 10.5. The van der Waals surface area contributed by atoms with Crippen LogP contribution >= 0.6 is 11.6 Å². The standard InChI is InChI=1S/C29H20ClF6NO/c30-25-14-12-20(13-15-25)26(38)37-27(18-19-6-2-1-3-7-19,21-8-4-10-23(16-21)28(31,32)33)22-9-5-11-24(17-22)29(34,35)36/h1-17H,18H2,(H,37,38). The van der Waals surface area contributed by atoms with E-state index in [0.29, 0.717) is 10.6 Å². The minimum atomic E-state index is -4.72. The van der Waals surface area contributed by atoms with Crippen molar-refractivity contribution in [1.29, 1.82) is 0 Å². The van der Waals surface area contributed by atoms with Crippen molar-refractivity contribution < 1.29 is 31.1 Å². The molecule has 0 atom stereocenters. The van der Waals surface area contributed by atoms with Crippen molar-refractivity contribution in [1.82, 2.24) is 5.32 Å². The number of alkyl halides is 6. The van der Waals surface area contributed by atoms with E-state index in [9.17, 15) is 31.1 Å². The minimum absolute atomic E-state index is 0.0298. The molecule has 0 heterocycles. The predicted molar refractivity (Wildman–Crippen MR) is 133 cm³/mol. The Bertz CT molecular complexity index is 1360. The van der Waals surface area contributed by atoms with Gasteiger partial charge in [-0.3, -0.25) is 4.79 Å². The molecule has 4 aromatic rings. The Hall–Kier alpha value is -3.78. The number of hydrogen-bond donors (Lipinski definition) is 1. The summed E-state index contributed by atoms with van der Waals surface area (Å²) < 4.78 is 82.3. The van der Waals surface area contributed by atoms with Crippen LogP contribution in [0, 0.1) is 0 Å². The normalized spacial score (nSPS) is 12.3. The fourth-order valence-corrected chi connectivity index (χ4v) is 4.38. The first-order valence-corrected chi connectivity index (χ1v) is 11.7. The molecule has 38 heavy (non-hydrogen) atoms. The highest BCUT2D eigenvalue weighted by atomic mass is 35.5. The first kappa shape index (κ1) is 27.3. The van der Waals surface area contributed by atoms with Gasteiger partial charge in [-0.2, -0.15) is 26.3 Å². The van der Waals surface area contributed by atoms with Gasteiger partial charge in [-0.1, -0.05) is 66.2 Å². The molecule has 4 aromatic carbocycles. The molecular weight excluding hydrogens is 528 g/mol. The fourth-order valence-electron chi connectivity index (χ4n) is 4.25. The number of halogens is 7. The van der Waals surface area contributed by atoms with Crippen LogP contribution in [0.25, 0.3) is 0 Å². The van der Waals surface area contributed by atoms with Crippen LogP contribution in [0.3, 0.4) is 0 Å². The maximum atomic E-state index is 13.7. The van der Waals surface area contributed by atoms with Gasteiger partial charge in [0.1, 0.15) is 0 Å². The highest BCUT2D eigenvalue weighted by Crippen LogP contribution is 2.40. The number of amides is 1. The Kier molecular flexibility index (Phi) is 7.56. The van der Waals surface area contributed by atoms with Crippen molar-refractivity contribution in [2.24, 2.45) is 0 Å². The van der Waals surface area contributed by atoms with Crippen LogP contribution in [0.1, 0.15) is 38.2 Å². The maximum Gasteiger partial charge on any atom is 0.416 e. The highest BCUT2D eigenvalue weighted by molar-refractivity contribution is 6.30. The first-order chi connectivity index (χ1) is 17.9. The number of rotatable bonds is 6. The van der Waals surface area contributed by atoms with E-state index in [-0.39, 0.29) is 23.1 Å². The molecule has 2 nitrogen and oxygen atoms in total. The van der Waals surface area contributed by atoms with E-state index < -0.39 is 34.9 Å². The van der Waals surface area contributed by atoms with Crippen LogP contribution in [0.2, 0.25) is 5.02 Å². The quantitative estimate of drug-likeness (QED) is 0.242. The van der Waals surface area contributed by atoms with E-state index in [1.54, 1.807) is 30.3 Å². The zero-order valence-electron chi connectivity index (χ0n) is 19.6. The van der Waals surface area contributed by atoms with E-state index in [1.807, 2.05) is 0 Å². The van der Waals surface area contributed by atoms with Crippen molar-refractivity contribution >= 4 is 17.5 Å². The van der Waals surface area contributed by atoms with Crippen molar-refractivity contribution in [3.63, 3.8) is 0 Å². The molecule has 9 heteroatoms. The van der Waals surface area contributed by atoms with E-state index in [0.717, 1.165) is 24.3 Å². The lowest BCUT2D eigenvalue weighted by atomic mass is 9.76. The molecule has 0 aliphatic rings. The molecule has 0 aromatic heterocycles. The van der Waals surface area contributed by atoms with E-state index in [1.165, 1.54) is 48.5 Å². The Morgan fingerprint density at radius 1 is 0.632 bits per heavy atom. The highest BCUT2D eigenvalue weighted by Gasteiger charge is 2.41. The summed E-state index contributed by atoms with van der Waals surface area (Å²) >= 11 is 5.92. The van der Waals surface area contributed by atoms with Gasteiger partial charge < -0.3 is 5.32 Å². The summed E-state index contributed by atoms with van der Waals surface area (Å²) in [6.07, 6.45) is -9.57. The zero-order valence-corrected chi connectivity index (χ0v) is 20.3. The van der Waals surface area contributed by atoms with Crippen LogP contribution in [-0.2, 0) is 24.3 Å². The van der Waals surface area contributed by atoms with Gasteiger partial charge in [0, 0.05) is 17.0 Å². The monoisotopic (exact) mass is 547 g/mol. The molecule has 4 rings (SSSR count). The first-order valence-electron chi connectivity index (χ1n) is 11.4. The lowest BCUT2D eigenvalue weighted by Crippen LogP contribution is -2.49. The van der Waals surface area contributed by atoms with Gasteiger partial charge in [-0.15, -0.1) is 0 Å². The molecule has 0 bridgehead atoms. The summed E-state index contributed by atoms with van der Waals surface area (Å²) in [5.74, 6) is -0.701. The topological polar surface area (TPSA) is 29.1 Å². The number of carbonyl (C=O) groups is 1. The van der Waals surface area contributed by atoms with Crippen LogP contribution in [0.15, 0.2) is 103 Å². The summed E-state index contributed by atoms with van der Waals surface area (Å²) in [4.78, 5) is 13.5. The second-order valence-corrected chi connectivity index (χ2v) is 9.12. The molecule has 1 amide bonds. The fraction of sp³-hybridized carbons (Fsp3) is 0.138. The summed E-state index contributed by atoms with van der Waals surface area (Å²) in [5, 5.41) is 3.14. The average Bonchev–Trinajstić information content (AvgIpc) is 2.88. The molecule has 0 saturated heterocycles. The zero-order chi connectivity index (χ0) is 27.6. The Morgan fingerprint density at radius 2 is 1.11 bits per heavy atom. The number of nitrogens with one attached hydrogen (secondary N) is 1. The second-order valence-electron chi connectivity index (χ2n) is 8.69. The van der Waals surface area contributed by atoms with Crippen LogP contribution in [0.4, 0.5) is 26.3 Å². The van der Waals surface area contributed by atoms with Gasteiger partial charge in [0.05, 0.1) is 16.7 Å². The summed E-state index contributed by atoms with van der Waals surface area (Å²) in [6.45, 7) is 0. The van der Waals surface area contributed by atoms with E-state index in [2.05, 4.69) is 5.32 Å². The molecule has 0 unspecified atom stereocenters. The van der Waals surface area contributed by atoms with Crippen molar-refractivity contribution in [2.45, 2.75) is 24.3 Å². The Balaban J connectivity index is 1.99. The van der Waals surface area contributed by atoms with E-state index in [4.69, 9.17) is 11.6 Å². The third-order valence-electron chi connectivity index (χ3n) is 6.11.